The van der Waals surface area contributed by atoms with Crippen LogP contribution in [0.5, 0.6) is 0 Å². The van der Waals surface area contributed by atoms with E-state index in [0.29, 0.717) is 17.4 Å². The molecule has 1 amide bonds. The average Bonchev–Trinajstić information content (AvgIpc) is 3.26. The van der Waals surface area contributed by atoms with Crippen molar-refractivity contribution < 1.29 is 19.4 Å². The van der Waals surface area contributed by atoms with Crippen LogP contribution in [0.2, 0.25) is 5.02 Å². The molecule has 4 aromatic rings. The van der Waals surface area contributed by atoms with Crippen LogP contribution in [0.15, 0.2) is 79.0 Å². The van der Waals surface area contributed by atoms with E-state index in [1.165, 1.54) is 0 Å². The largest absolute Gasteiger partial charge is 0.481 e. The van der Waals surface area contributed by atoms with Crippen LogP contribution in [0.4, 0.5) is 10.6 Å². The first-order chi connectivity index (χ1) is 17.4. The molecule has 2 N–H and O–H groups in total. The Kier molecular flexibility index (Phi) is 7.71. The average molecular weight is 504 g/mol. The fourth-order valence-corrected chi connectivity index (χ4v) is 4.24. The van der Waals surface area contributed by atoms with E-state index in [-0.39, 0.29) is 6.42 Å². The molecule has 4 rings (SSSR count). The van der Waals surface area contributed by atoms with Gasteiger partial charge in [-0.1, -0.05) is 78.3 Å². The van der Waals surface area contributed by atoms with Gasteiger partial charge in [0.15, 0.2) is 0 Å². The summed E-state index contributed by atoms with van der Waals surface area (Å²) in [7, 11) is 0. The molecule has 0 radical (unpaired) electrons. The molecule has 3 aromatic carbocycles. The van der Waals surface area contributed by atoms with Crippen molar-refractivity contribution >= 4 is 29.5 Å². The van der Waals surface area contributed by atoms with Gasteiger partial charge in [0.1, 0.15) is 11.9 Å². The van der Waals surface area contributed by atoms with Crippen molar-refractivity contribution in [3.63, 3.8) is 0 Å². The number of carbonyl (C=O) groups is 2. The molecule has 0 aliphatic rings. The van der Waals surface area contributed by atoms with E-state index >= 15 is 0 Å². The number of carbonyl (C=O) groups excluding carboxylic acids is 1. The number of aryl methyl sites for hydroxylation is 1. The predicted octanol–water partition coefficient (Wildman–Crippen LogP) is 6.83. The number of carboxylic acid groups (broad SMARTS) is 1. The molecule has 0 fully saturated rings. The highest BCUT2D eigenvalue weighted by molar-refractivity contribution is 6.31. The summed E-state index contributed by atoms with van der Waals surface area (Å²) >= 11 is 6.23. The minimum atomic E-state index is -0.855. The Bertz CT molecular complexity index is 1360. The number of aliphatic carboxylic acids is 1. The Morgan fingerprint density at radius 3 is 2.22 bits per heavy atom. The van der Waals surface area contributed by atoms with Crippen LogP contribution in [0.25, 0.3) is 22.3 Å². The van der Waals surface area contributed by atoms with Gasteiger partial charge in [0, 0.05) is 22.7 Å². The SMILES string of the molecule is CCn1ncc(-c2ccc(-c3ccc(CC(=O)O)cc3)cc2)c1NC(=O)OC(C)c1ccccc1Cl. The Morgan fingerprint density at radius 2 is 1.61 bits per heavy atom. The quantitative estimate of drug-likeness (QED) is 0.275. The van der Waals surface area contributed by atoms with Crippen molar-refractivity contribution in [1.29, 1.82) is 0 Å². The van der Waals surface area contributed by atoms with Gasteiger partial charge in [-0.25, -0.2) is 9.48 Å². The first-order valence-corrected chi connectivity index (χ1v) is 11.9. The number of anilines is 1. The lowest BCUT2D eigenvalue weighted by Gasteiger charge is -2.16. The second kappa shape index (κ2) is 11.1. The van der Waals surface area contributed by atoms with Gasteiger partial charge < -0.3 is 9.84 Å². The number of carboxylic acids is 1. The summed E-state index contributed by atoms with van der Waals surface area (Å²) in [6.07, 6.45) is 0.584. The van der Waals surface area contributed by atoms with Gasteiger partial charge in [0.25, 0.3) is 0 Å². The lowest BCUT2D eigenvalue weighted by molar-refractivity contribution is -0.136. The molecule has 1 atom stereocenters. The molecular formula is C28H26ClN3O4. The molecule has 7 nitrogen and oxygen atoms in total. The lowest BCUT2D eigenvalue weighted by Crippen LogP contribution is -2.19. The monoisotopic (exact) mass is 503 g/mol. The van der Waals surface area contributed by atoms with E-state index in [1.54, 1.807) is 23.9 Å². The molecule has 184 valence electrons. The van der Waals surface area contributed by atoms with Gasteiger partial charge in [0.05, 0.1) is 12.6 Å². The van der Waals surface area contributed by atoms with Crippen LogP contribution < -0.4 is 5.32 Å². The van der Waals surface area contributed by atoms with Crippen molar-refractivity contribution in [3.8, 4) is 22.3 Å². The molecule has 8 heteroatoms. The number of rotatable bonds is 8. The van der Waals surface area contributed by atoms with E-state index in [9.17, 15) is 9.59 Å². The van der Waals surface area contributed by atoms with Crippen LogP contribution >= 0.6 is 11.6 Å². The summed E-state index contributed by atoms with van der Waals surface area (Å²) < 4.78 is 7.28. The Hall–Kier alpha value is -4.10. The van der Waals surface area contributed by atoms with E-state index in [4.69, 9.17) is 21.4 Å². The van der Waals surface area contributed by atoms with Crippen LogP contribution in [-0.2, 0) is 22.5 Å². The number of halogens is 1. The molecule has 0 bridgehead atoms. The fraction of sp³-hybridized carbons (Fsp3) is 0.179. The summed E-state index contributed by atoms with van der Waals surface area (Å²) in [5.41, 5.74) is 5.10. The van der Waals surface area contributed by atoms with E-state index in [2.05, 4.69) is 10.4 Å². The number of hydrogen-bond donors (Lipinski definition) is 2. The molecule has 0 spiro atoms. The zero-order chi connectivity index (χ0) is 25.7. The predicted molar refractivity (Wildman–Crippen MR) is 140 cm³/mol. The standard InChI is InChI=1S/C28H26ClN3O4/c1-3-32-27(31-28(35)36-18(2)23-6-4-5-7-25(23)29)24(17-30-32)22-14-12-21(13-15-22)20-10-8-19(9-11-20)16-26(33)34/h4-15,17-18H,3,16H2,1-2H3,(H,31,35)(H,33,34). The highest BCUT2D eigenvalue weighted by atomic mass is 35.5. The van der Waals surface area contributed by atoms with Crippen LogP contribution in [0.1, 0.15) is 31.1 Å². The van der Waals surface area contributed by atoms with E-state index in [1.807, 2.05) is 73.7 Å². The third-order valence-corrected chi connectivity index (χ3v) is 6.17. The second-order valence-corrected chi connectivity index (χ2v) is 8.67. The minimum Gasteiger partial charge on any atom is -0.481 e. The third-order valence-electron chi connectivity index (χ3n) is 5.82. The number of nitrogens with one attached hydrogen (secondary N) is 1. The second-order valence-electron chi connectivity index (χ2n) is 8.26. The molecule has 36 heavy (non-hydrogen) atoms. The highest BCUT2D eigenvalue weighted by Crippen LogP contribution is 2.31. The molecule has 0 aliphatic carbocycles. The Balaban J connectivity index is 1.51. The summed E-state index contributed by atoms with van der Waals surface area (Å²) in [6, 6.07) is 22.6. The number of benzene rings is 3. The van der Waals surface area contributed by atoms with Crippen molar-refractivity contribution in [2.45, 2.75) is 32.9 Å². The maximum Gasteiger partial charge on any atom is 0.413 e. The number of ether oxygens (including phenoxy) is 1. The van der Waals surface area contributed by atoms with Gasteiger partial charge >= 0.3 is 12.1 Å². The molecule has 1 unspecified atom stereocenters. The maximum absolute atomic E-state index is 12.7. The normalized spacial score (nSPS) is 11.6. The van der Waals surface area contributed by atoms with Gasteiger partial charge in [-0.15, -0.1) is 0 Å². The molecular weight excluding hydrogens is 478 g/mol. The molecule has 1 aromatic heterocycles. The number of aromatic nitrogens is 2. The molecule has 0 saturated carbocycles. The van der Waals surface area contributed by atoms with E-state index in [0.717, 1.165) is 33.4 Å². The first-order valence-electron chi connectivity index (χ1n) is 11.5. The van der Waals surface area contributed by atoms with Crippen LogP contribution in [0, 0.1) is 0 Å². The van der Waals surface area contributed by atoms with Gasteiger partial charge in [-0.05, 0) is 42.2 Å². The van der Waals surface area contributed by atoms with Crippen molar-refractivity contribution in [3.05, 3.63) is 95.1 Å². The molecule has 0 aliphatic heterocycles. The highest BCUT2D eigenvalue weighted by Gasteiger charge is 2.19. The molecule has 1 heterocycles. The number of nitrogens with zero attached hydrogens (tertiary/aromatic N) is 2. The molecule has 0 saturated heterocycles. The number of hydrogen-bond acceptors (Lipinski definition) is 4. The maximum atomic E-state index is 12.7. The van der Waals surface area contributed by atoms with E-state index < -0.39 is 18.2 Å². The van der Waals surface area contributed by atoms with Gasteiger partial charge in [0.2, 0.25) is 0 Å². The summed E-state index contributed by atoms with van der Waals surface area (Å²) in [6.45, 7) is 4.28. The summed E-state index contributed by atoms with van der Waals surface area (Å²) in [4.78, 5) is 23.6. The van der Waals surface area contributed by atoms with Crippen molar-refractivity contribution in [1.82, 2.24) is 9.78 Å². The number of amides is 1. The van der Waals surface area contributed by atoms with Crippen LogP contribution in [-0.4, -0.2) is 26.9 Å². The van der Waals surface area contributed by atoms with Crippen molar-refractivity contribution in [2.75, 3.05) is 5.32 Å². The Morgan fingerprint density at radius 1 is 1.00 bits per heavy atom. The van der Waals surface area contributed by atoms with Crippen molar-refractivity contribution in [2.24, 2.45) is 0 Å². The zero-order valence-electron chi connectivity index (χ0n) is 19.9. The summed E-state index contributed by atoms with van der Waals surface area (Å²) in [5, 5.41) is 16.7. The first kappa shape index (κ1) is 25.0. The minimum absolute atomic E-state index is 0.00396. The van der Waals surface area contributed by atoms with Gasteiger partial charge in [-0.2, -0.15) is 5.10 Å². The van der Waals surface area contributed by atoms with Crippen LogP contribution in [0.3, 0.4) is 0 Å². The zero-order valence-corrected chi connectivity index (χ0v) is 20.7. The summed E-state index contributed by atoms with van der Waals surface area (Å²) in [5.74, 6) is -0.314. The van der Waals surface area contributed by atoms with Gasteiger partial charge in [-0.3, -0.25) is 10.1 Å². The Labute approximate surface area is 214 Å². The topological polar surface area (TPSA) is 93.5 Å². The smallest absolute Gasteiger partial charge is 0.413 e. The fourth-order valence-electron chi connectivity index (χ4n) is 3.96. The lowest BCUT2D eigenvalue weighted by atomic mass is 10.00. The third kappa shape index (κ3) is 5.75.